The van der Waals surface area contributed by atoms with Crippen LogP contribution in [0.5, 0.6) is 0 Å². The van der Waals surface area contributed by atoms with Gasteiger partial charge in [0.1, 0.15) is 0 Å². The Hall–Kier alpha value is -5.18. The van der Waals surface area contributed by atoms with Crippen LogP contribution in [-0.4, -0.2) is 0 Å². The molecule has 0 unspecified atom stereocenters. The Morgan fingerprint density at radius 3 is 1.96 bits per heavy atom. The van der Waals surface area contributed by atoms with Crippen LogP contribution in [0.1, 0.15) is 43.2 Å². The van der Waals surface area contributed by atoms with Gasteiger partial charge in [-0.3, -0.25) is 0 Å². The average Bonchev–Trinajstić information content (AvgIpc) is 3.71. The second kappa shape index (κ2) is 10.9. The minimum Gasteiger partial charge on any atom is -0.310 e. The van der Waals surface area contributed by atoms with Crippen LogP contribution in [0.25, 0.3) is 53.2 Å². The van der Waals surface area contributed by atoms with Gasteiger partial charge in [0.05, 0.1) is 5.69 Å². The standard InChI is InChI=1S/C50H39NS/c1-2-11-39-33(9-1)10-7-14-40(39)34-19-21-37(22-20-34)51(46-16-8-18-48-49(46)43-13-4-6-17-47(43)52-48)38-23-24-42-41-12-3-5-15-44(41)50(45(42)30-38)35-26-31-25-32(28-35)29-36(50)27-31/h1-24,30-32,35-36H,25-29H2. The number of fused-ring (bicyclic) bond motifs is 7. The van der Waals surface area contributed by atoms with Gasteiger partial charge in [0.15, 0.2) is 0 Å². The molecule has 0 aliphatic heterocycles. The van der Waals surface area contributed by atoms with Gasteiger partial charge in [0, 0.05) is 37.0 Å². The molecule has 1 aromatic heterocycles. The highest BCUT2D eigenvalue weighted by Crippen LogP contribution is 2.69. The zero-order chi connectivity index (χ0) is 34.0. The maximum absolute atomic E-state index is 2.64. The van der Waals surface area contributed by atoms with Crippen LogP contribution in [0, 0.1) is 23.7 Å². The van der Waals surface area contributed by atoms with E-state index in [0.29, 0.717) is 0 Å². The number of hydrogen-bond acceptors (Lipinski definition) is 2. The molecule has 2 heteroatoms. The maximum atomic E-state index is 2.64. The summed E-state index contributed by atoms with van der Waals surface area (Å²) in [7, 11) is 0. The molecule has 1 heterocycles. The zero-order valence-corrected chi connectivity index (χ0v) is 30.0. The molecular weight excluding hydrogens is 647 g/mol. The first-order valence-electron chi connectivity index (χ1n) is 19.3. The maximum Gasteiger partial charge on any atom is 0.0554 e. The number of benzene rings is 7. The lowest BCUT2D eigenvalue weighted by Crippen LogP contribution is -2.55. The quantitative estimate of drug-likeness (QED) is 0.178. The summed E-state index contributed by atoms with van der Waals surface area (Å²) in [5.74, 6) is 3.32. The van der Waals surface area contributed by atoms with Gasteiger partial charge in [-0.2, -0.15) is 0 Å². The molecule has 4 fully saturated rings. The fourth-order valence-electron chi connectivity index (χ4n) is 11.9. The smallest absolute Gasteiger partial charge is 0.0554 e. The van der Waals surface area contributed by atoms with Gasteiger partial charge in [0.2, 0.25) is 0 Å². The Kier molecular flexibility index (Phi) is 6.17. The molecule has 5 aliphatic rings. The van der Waals surface area contributed by atoms with E-state index in [1.807, 2.05) is 11.3 Å². The molecule has 0 radical (unpaired) electrons. The van der Waals surface area contributed by atoms with Gasteiger partial charge < -0.3 is 4.90 Å². The SMILES string of the molecule is c1ccc2c(c1)-c1ccc(N(c3ccc(-c4cccc5ccccc45)cc3)c3cccc4sc5ccccc5c34)cc1C21C2CC3CC(C2)CC1C3. The monoisotopic (exact) mass is 685 g/mol. The largest absolute Gasteiger partial charge is 0.310 e. The Labute approximate surface area is 309 Å². The van der Waals surface area contributed by atoms with Gasteiger partial charge in [-0.1, -0.05) is 109 Å². The van der Waals surface area contributed by atoms with Crippen LogP contribution < -0.4 is 4.90 Å². The summed E-state index contributed by atoms with van der Waals surface area (Å²) >= 11 is 1.90. The molecule has 0 atom stereocenters. The molecule has 0 saturated heterocycles. The second-order valence-electron chi connectivity index (χ2n) is 16.1. The van der Waals surface area contributed by atoms with Crippen molar-refractivity contribution in [2.75, 3.05) is 4.90 Å². The average molecular weight is 686 g/mol. The molecule has 1 spiro atoms. The fourth-order valence-corrected chi connectivity index (χ4v) is 13.0. The van der Waals surface area contributed by atoms with Gasteiger partial charge in [-0.05, 0) is 142 Å². The van der Waals surface area contributed by atoms with Crippen molar-refractivity contribution in [3.8, 4) is 22.3 Å². The number of nitrogens with zero attached hydrogens (tertiary/aromatic N) is 1. The number of hydrogen-bond donors (Lipinski definition) is 0. The highest BCUT2D eigenvalue weighted by atomic mass is 32.1. The van der Waals surface area contributed by atoms with Crippen molar-refractivity contribution < 1.29 is 0 Å². The van der Waals surface area contributed by atoms with Crippen molar-refractivity contribution in [3.63, 3.8) is 0 Å². The highest BCUT2D eigenvalue weighted by molar-refractivity contribution is 7.26. The summed E-state index contributed by atoms with van der Waals surface area (Å²) in [6.45, 7) is 0. The first-order chi connectivity index (χ1) is 25.7. The molecule has 4 saturated carbocycles. The molecule has 52 heavy (non-hydrogen) atoms. The van der Waals surface area contributed by atoms with Crippen molar-refractivity contribution in [1.29, 1.82) is 0 Å². The van der Waals surface area contributed by atoms with Crippen molar-refractivity contribution in [2.45, 2.75) is 37.5 Å². The molecule has 7 aromatic carbocycles. The fraction of sp³-hybridized carbons (Fsp3) is 0.200. The van der Waals surface area contributed by atoms with E-state index in [0.717, 1.165) is 23.7 Å². The van der Waals surface area contributed by atoms with E-state index >= 15 is 0 Å². The lowest BCUT2D eigenvalue weighted by Gasteiger charge is -2.61. The summed E-state index contributed by atoms with van der Waals surface area (Å²) in [6, 6.07) is 57.6. The molecule has 0 amide bonds. The van der Waals surface area contributed by atoms with Gasteiger partial charge in [-0.15, -0.1) is 11.3 Å². The van der Waals surface area contributed by atoms with E-state index in [2.05, 4.69) is 157 Å². The molecule has 8 aromatic rings. The summed E-state index contributed by atoms with van der Waals surface area (Å²) in [4.78, 5) is 2.57. The van der Waals surface area contributed by atoms with E-state index in [4.69, 9.17) is 0 Å². The molecule has 1 nitrogen and oxygen atoms in total. The summed E-state index contributed by atoms with van der Waals surface area (Å²) in [5.41, 5.74) is 12.5. The van der Waals surface area contributed by atoms with Crippen LogP contribution in [0.3, 0.4) is 0 Å². The van der Waals surface area contributed by atoms with E-state index in [1.54, 1.807) is 11.1 Å². The van der Waals surface area contributed by atoms with Gasteiger partial charge in [0.25, 0.3) is 0 Å². The first-order valence-corrected chi connectivity index (χ1v) is 20.1. The highest BCUT2D eigenvalue weighted by Gasteiger charge is 2.61. The molecule has 250 valence electrons. The summed E-state index contributed by atoms with van der Waals surface area (Å²) in [5, 5.41) is 5.25. The Balaban J connectivity index is 1.08. The Morgan fingerprint density at radius 2 is 1.12 bits per heavy atom. The number of rotatable bonds is 4. The third kappa shape index (κ3) is 3.99. The van der Waals surface area contributed by atoms with Crippen molar-refractivity contribution >= 4 is 59.3 Å². The predicted octanol–water partition coefficient (Wildman–Crippen LogP) is 14.1. The topological polar surface area (TPSA) is 3.24 Å². The van der Waals surface area contributed by atoms with Gasteiger partial charge >= 0.3 is 0 Å². The van der Waals surface area contributed by atoms with E-state index in [-0.39, 0.29) is 5.41 Å². The van der Waals surface area contributed by atoms with Crippen LogP contribution in [-0.2, 0) is 5.41 Å². The molecule has 5 aliphatic carbocycles. The first kappa shape index (κ1) is 29.4. The van der Waals surface area contributed by atoms with Crippen LogP contribution in [0.4, 0.5) is 17.1 Å². The van der Waals surface area contributed by atoms with Crippen LogP contribution in [0.2, 0.25) is 0 Å². The second-order valence-corrected chi connectivity index (χ2v) is 17.2. The zero-order valence-electron chi connectivity index (χ0n) is 29.1. The molecule has 13 rings (SSSR count). The minimum atomic E-state index is 0.125. The van der Waals surface area contributed by atoms with Crippen molar-refractivity contribution in [1.82, 2.24) is 0 Å². The van der Waals surface area contributed by atoms with E-state index in [1.165, 1.54) is 102 Å². The molecule has 4 bridgehead atoms. The van der Waals surface area contributed by atoms with E-state index < -0.39 is 0 Å². The third-order valence-corrected chi connectivity index (χ3v) is 14.8. The Bertz CT molecular complexity index is 2680. The summed E-state index contributed by atoms with van der Waals surface area (Å²) < 4.78 is 2.68. The number of thiophene rings is 1. The third-order valence-electron chi connectivity index (χ3n) is 13.6. The minimum absolute atomic E-state index is 0.125. The summed E-state index contributed by atoms with van der Waals surface area (Å²) in [6.07, 6.45) is 7.04. The van der Waals surface area contributed by atoms with Gasteiger partial charge in [-0.25, -0.2) is 0 Å². The lowest BCUT2D eigenvalue weighted by molar-refractivity contribution is -0.0399. The lowest BCUT2D eigenvalue weighted by atomic mass is 9.43. The van der Waals surface area contributed by atoms with Crippen molar-refractivity contribution in [2.24, 2.45) is 23.7 Å². The van der Waals surface area contributed by atoms with Crippen molar-refractivity contribution in [3.05, 3.63) is 163 Å². The molecular formula is C50H39NS. The Morgan fingerprint density at radius 1 is 0.481 bits per heavy atom. The predicted molar refractivity (Wildman–Crippen MR) is 220 cm³/mol. The van der Waals surface area contributed by atoms with Crippen LogP contribution >= 0.6 is 11.3 Å². The van der Waals surface area contributed by atoms with E-state index in [9.17, 15) is 0 Å². The van der Waals surface area contributed by atoms with Crippen LogP contribution in [0.15, 0.2) is 152 Å². The molecule has 0 N–H and O–H groups in total. The number of anilines is 3. The normalized spacial score (nSPS) is 23.8.